The van der Waals surface area contributed by atoms with Gasteiger partial charge in [0.15, 0.2) is 6.61 Å². The first-order valence-corrected chi connectivity index (χ1v) is 12.5. The molecule has 3 heterocycles. The molecule has 9 heteroatoms. The number of hydrogen-bond donors (Lipinski definition) is 1. The molecule has 3 aliphatic heterocycles. The fourth-order valence-electron chi connectivity index (χ4n) is 4.87. The van der Waals surface area contributed by atoms with Crippen LogP contribution in [0.5, 0.6) is 5.75 Å². The Kier molecular flexibility index (Phi) is 8.39. The summed E-state index contributed by atoms with van der Waals surface area (Å²) in [6.45, 7) is 7.38. The van der Waals surface area contributed by atoms with Gasteiger partial charge in [0, 0.05) is 44.8 Å². The number of carbonyl (C=O) groups excluding carboxylic acids is 3. The van der Waals surface area contributed by atoms with Crippen molar-refractivity contribution in [1.29, 1.82) is 0 Å². The van der Waals surface area contributed by atoms with E-state index in [2.05, 4.69) is 17.1 Å². The second-order valence-corrected chi connectivity index (χ2v) is 9.29. The molecule has 0 unspecified atom stereocenters. The van der Waals surface area contributed by atoms with Crippen molar-refractivity contribution in [2.24, 2.45) is 0 Å². The summed E-state index contributed by atoms with van der Waals surface area (Å²) < 4.78 is 12.0. The minimum Gasteiger partial charge on any atom is -0.484 e. The molecule has 1 aromatic rings. The average molecular weight is 473 g/mol. The van der Waals surface area contributed by atoms with Gasteiger partial charge in [-0.05, 0) is 62.9 Å². The summed E-state index contributed by atoms with van der Waals surface area (Å²) in [5.41, 5.74) is 0.682. The van der Waals surface area contributed by atoms with Gasteiger partial charge in [0.25, 0.3) is 5.91 Å². The van der Waals surface area contributed by atoms with E-state index in [4.69, 9.17) is 9.47 Å². The van der Waals surface area contributed by atoms with Gasteiger partial charge in [0.1, 0.15) is 5.75 Å². The van der Waals surface area contributed by atoms with Crippen molar-refractivity contribution >= 4 is 23.5 Å². The SMILES string of the molecule is CCCN1CCC(OC2CCN(C(=O)COc3ccc(N4CCC(=O)NC4=O)cc3)CC2)CC1. The number of likely N-dealkylation sites (tertiary alicyclic amines) is 2. The molecule has 9 nitrogen and oxygen atoms in total. The molecular formula is C25H36N4O5. The number of anilines is 1. The lowest BCUT2D eigenvalue weighted by Gasteiger charge is -2.37. The number of ether oxygens (including phenoxy) is 2. The highest BCUT2D eigenvalue weighted by Crippen LogP contribution is 2.23. The number of nitrogens with one attached hydrogen (secondary N) is 1. The molecule has 3 aliphatic rings. The van der Waals surface area contributed by atoms with Crippen LogP contribution in [-0.2, 0) is 14.3 Å². The van der Waals surface area contributed by atoms with Crippen molar-refractivity contribution in [1.82, 2.24) is 15.1 Å². The quantitative estimate of drug-likeness (QED) is 0.625. The summed E-state index contributed by atoms with van der Waals surface area (Å²) in [6.07, 6.45) is 6.02. The monoisotopic (exact) mass is 472 g/mol. The molecule has 0 aliphatic carbocycles. The van der Waals surface area contributed by atoms with E-state index in [1.807, 2.05) is 4.90 Å². The third kappa shape index (κ3) is 6.48. The number of benzene rings is 1. The Balaban J connectivity index is 1.15. The van der Waals surface area contributed by atoms with Crippen LogP contribution in [0.25, 0.3) is 0 Å². The van der Waals surface area contributed by atoms with Crippen LogP contribution in [0, 0.1) is 0 Å². The molecule has 0 atom stereocenters. The second kappa shape index (κ2) is 11.7. The maximum absolute atomic E-state index is 12.6. The second-order valence-electron chi connectivity index (χ2n) is 9.29. The van der Waals surface area contributed by atoms with Crippen LogP contribution in [-0.4, -0.2) is 85.7 Å². The Bertz CT molecular complexity index is 845. The predicted octanol–water partition coefficient (Wildman–Crippen LogP) is 2.39. The van der Waals surface area contributed by atoms with Crippen molar-refractivity contribution in [3.8, 4) is 5.75 Å². The maximum atomic E-state index is 12.6. The molecule has 0 spiro atoms. The van der Waals surface area contributed by atoms with Crippen LogP contribution in [0.1, 0.15) is 45.4 Å². The summed E-state index contributed by atoms with van der Waals surface area (Å²) in [6, 6.07) is 6.56. The highest BCUT2D eigenvalue weighted by Gasteiger charge is 2.28. The van der Waals surface area contributed by atoms with E-state index < -0.39 is 6.03 Å². The van der Waals surface area contributed by atoms with Crippen LogP contribution in [0.3, 0.4) is 0 Å². The van der Waals surface area contributed by atoms with Gasteiger partial charge in [-0.3, -0.25) is 19.8 Å². The van der Waals surface area contributed by atoms with E-state index in [0.717, 1.165) is 38.8 Å². The Hall–Kier alpha value is -2.65. The number of carbonyl (C=O) groups is 3. The van der Waals surface area contributed by atoms with Crippen molar-refractivity contribution in [2.45, 2.75) is 57.7 Å². The molecule has 0 radical (unpaired) electrons. The zero-order valence-electron chi connectivity index (χ0n) is 20.0. The fourth-order valence-corrected chi connectivity index (χ4v) is 4.87. The van der Waals surface area contributed by atoms with Crippen LogP contribution in [0.15, 0.2) is 24.3 Å². The Morgan fingerprint density at radius 3 is 2.24 bits per heavy atom. The number of urea groups is 1. The van der Waals surface area contributed by atoms with Crippen LogP contribution in [0.4, 0.5) is 10.5 Å². The van der Waals surface area contributed by atoms with Crippen molar-refractivity contribution in [3.63, 3.8) is 0 Å². The number of nitrogens with zero attached hydrogens (tertiary/aromatic N) is 3. The van der Waals surface area contributed by atoms with Gasteiger partial charge >= 0.3 is 6.03 Å². The van der Waals surface area contributed by atoms with E-state index in [1.54, 1.807) is 24.3 Å². The molecule has 34 heavy (non-hydrogen) atoms. The number of imide groups is 1. The van der Waals surface area contributed by atoms with Crippen molar-refractivity contribution in [2.75, 3.05) is 50.8 Å². The van der Waals surface area contributed by atoms with Crippen LogP contribution < -0.4 is 15.0 Å². The van der Waals surface area contributed by atoms with Crippen LogP contribution in [0.2, 0.25) is 0 Å². The third-order valence-electron chi connectivity index (χ3n) is 6.82. The molecule has 1 aromatic carbocycles. The zero-order chi connectivity index (χ0) is 23.9. The van der Waals surface area contributed by atoms with E-state index >= 15 is 0 Å². The molecule has 4 rings (SSSR count). The predicted molar refractivity (Wildman–Crippen MR) is 128 cm³/mol. The smallest absolute Gasteiger partial charge is 0.328 e. The van der Waals surface area contributed by atoms with E-state index in [-0.39, 0.29) is 30.9 Å². The van der Waals surface area contributed by atoms with Gasteiger partial charge in [-0.25, -0.2) is 4.79 Å². The summed E-state index contributed by atoms with van der Waals surface area (Å²) in [5.74, 6) is 0.283. The highest BCUT2D eigenvalue weighted by molar-refractivity contribution is 6.05. The minimum absolute atomic E-state index is 0.0144. The van der Waals surface area contributed by atoms with Gasteiger partial charge in [-0.15, -0.1) is 0 Å². The Morgan fingerprint density at radius 1 is 0.971 bits per heavy atom. The molecular weight excluding hydrogens is 436 g/mol. The van der Waals surface area contributed by atoms with Gasteiger partial charge in [-0.1, -0.05) is 6.92 Å². The molecule has 0 saturated carbocycles. The third-order valence-corrected chi connectivity index (χ3v) is 6.82. The first-order chi connectivity index (χ1) is 16.5. The van der Waals surface area contributed by atoms with E-state index in [1.165, 1.54) is 17.9 Å². The number of piperidine rings is 2. The lowest BCUT2D eigenvalue weighted by Crippen LogP contribution is -2.49. The standard InChI is InChI=1S/C25H36N4O5/c1-2-12-27-13-7-21(8-14-27)34-22-9-15-28(16-10-22)24(31)18-33-20-5-3-19(4-6-20)29-17-11-23(30)26-25(29)32/h3-6,21-22H,2,7-18H2,1H3,(H,26,30,32). The summed E-state index contributed by atoms with van der Waals surface area (Å²) in [4.78, 5) is 41.7. The summed E-state index contributed by atoms with van der Waals surface area (Å²) >= 11 is 0. The van der Waals surface area contributed by atoms with Gasteiger partial charge < -0.3 is 19.3 Å². The number of rotatable bonds is 8. The number of hydrogen-bond acceptors (Lipinski definition) is 6. The van der Waals surface area contributed by atoms with Crippen LogP contribution >= 0.6 is 0 Å². The lowest BCUT2D eigenvalue weighted by atomic mass is 10.0. The summed E-state index contributed by atoms with van der Waals surface area (Å²) in [7, 11) is 0. The molecule has 3 saturated heterocycles. The minimum atomic E-state index is -0.422. The lowest BCUT2D eigenvalue weighted by molar-refractivity contribution is -0.137. The normalized spacial score (nSPS) is 21.0. The van der Waals surface area contributed by atoms with Crippen molar-refractivity contribution in [3.05, 3.63) is 24.3 Å². The largest absolute Gasteiger partial charge is 0.484 e. The molecule has 186 valence electrons. The van der Waals surface area contributed by atoms with E-state index in [0.29, 0.717) is 37.2 Å². The van der Waals surface area contributed by atoms with Crippen molar-refractivity contribution < 1.29 is 23.9 Å². The average Bonchev–Trinajstić information content (AvgIpc) is 2.85. The molecule has 0 aromatic heterocycles. The molecule has 4 amide bonds. The molecule has 1 N–H and O–H groups in total. The van der Waals surface area contributed by atoms with Gasteiger partial charge in [0.05, 0.1) is 12.2 Å². The molecule has 3 fully saturated rings. The first kappa shape index (κ1) is 24.5. The number of amides is 4. The fraction of sp³-hybridized carbons (Fsp3) is 0.640. The van der Waals surface area contributed by atoms with Gasteiger partial charge in [-0.2, -0.15) is 0 Å². The van der Waals surface area contributed by atoms with Gasteiger partial charge in [0.2, 0.25) is 5.91 Å². The highest BCUT2D eigenvalue weighted by atomic mass is 16.5. The Morgan fingerprint density at radius 2 is 1.62 bits per heavy atom. The van der Waals surface area contributed by atoms with E-state index in [9.17, 15) is 14.4 Å². The maximum Gasteiger partial charge on any atom is 0.328 e. The zero-order valence-corrected chi connectivity index (χ0v) is 20.0. The molecule has 0 bridgehead atoms. The first-order valence-electron chi connectivity index (χ1n) is 12.5. The summed E-state index contributed by atoms with van der Waals surface area (Å²) in [5, 5.41) is 2.31. The topological polar surface area (TPSA) is 91.4 Å². The Labute approximate surface area is 201 Å².